The van der Waals surface area contributed by atoms with E-state index in [1.165, 1.54) is 270 Å². The summed E-state index contributed by atoms with van der Waals surface area (Å²) in [5.41, 5.74) is 0. The van der Waals surface area contributed by atoms with Gasteiger partial charge in [0.1, 0.15) is 0 Å². The summed E-state index contributed by atoms with van der Waals surface area (Å²) < 4.78 is 0. The molecule has 0 aliphatic rings. The van der Waals surface area contributed by atoms with Crippen LogP contribution in [-0.4, -0.2) is 34.9 Å². The minimum absolute atomic E-state index is 0.0702. The first-order valence-corrected chi connectivity index (χ1v) is 29.2. The second kappa shape index (κ2) is 55.9. The van der Waals surface area contributed by atoms with E-state index >= 15 is 0 Å². The summed E-state index contributed by atoms with van der Waals surface area (Å²) in [5, 5.41) is 23.0. The Hall–Kier alpha value is -1.39. The molecule has 0 radical (unpaired) electrons. The Morgan fingerprint density at radius 2 is 0.609 bits per heavy atom. The van der Waals surface area contributed by atoms with E-state index in [2.05, 4.69) is 43.5 Å². The standard InChI is InChI=1S/C60H115NO3/c1-3-5-7-9-11-13-15-16-17-18-19-20-21-22-23-24-25-26-27-28-29-30-31-32-33-34-35-36-37-38-39-40-41-42-43-44-46-48-50-52-54-56-60(64)61-58(57-62)59(63)55-53-51-49-47-45-14-12-10-8-6-4-2/h18-19,45,47,53,55,58-59,62-63H,3-17,20-44,46,48-52,54,56-57H2,1-2H3,(H,61,64)/b19-18-,47-45+,55-53+. The first kappa shape index (κ1) is 62.6. The Labute approximate surface area is 402 Å². The van der Waals surface area contributed by atoms with E-state index in [-0.39, 0.29) is 12.5 Å². The molecule has 0 aromatic carbocycles. The molecule has 0 heterocycles. The van der Waals surface area contributed by atoms with Gasteiger partial charge in [0.15, 0.2) is 0 Å². The minimum atomic E-state index is -0.858. The molecule has 0 rings (SSSR count). The third-order valence-corrected chi connectivity index (χ3v) is 13.6. The Kier molecular flexibility index (Phi) is 54.7. The highest BCUT2D eigenvalue weighted by Crippen LogP contribution is 2.18. The first-order chi connectivity index (χ1) is 31.7. The number of hydrogen-bond acceptors (Lipinski definition) is 3. The van der Waals surface area contributed by atoms with Crippen molar-refractivity contribution in [2.45, 2.75) is 334 Å². The molecule has 378 valence electrons. The summed E-state index contributed by atoms with van der Waals surface area (Å²) in [6.07, 6.45) is 76.4. The highest BCUT2D eigenvalue weighted by Gasteiger charge is 2.18. The van der Waals surface area contributed by atoms with Gasteiger partial charge in [0.2, 0.25) is 5.91 Å². The van der Waals surface area contributed by atoms with Crippen molar-refractivity contribution in [1.82, 2.24) is 5.32 Å². The zero-order valence-corrected chi connectivity index (χ0v) is 43.6. The third-order valence-electron chi connectivity index (χ3n) is 13.6. The van der Waals surface area contributed by atoms with Gasteiger partial charge in [-0.15, -0.1) is 0 Å². The molecule has 64 heavy (non-hydrogen) atoms. The second-order valence-corrected chi connectivity index (χ2v) is 20.1. The quantitative estimate of drug-likeness (QED) is 0.0421. The average molecular weight is 899 g/mol. The predicted molar refractivity (Wildman–Crippen MR) is 285 cm³/mol. The molecule has 4 heteroatoms. The summed E-state index contributed by atoms with van der Waals surface area (Å²) in [7, 11) is 0. The number of nitrogens with one attached hydrogen (secondary N) is 1. The lowest BCUT2D eigenvalue weighted by molar-refractivity contribution is -0.123. The lowest BCUT2D eigenvalue weighted by Gasteiger charge is -2.19. The normalized spacial score (nSPS) is 13.0. The summed E-state index contributed by atoms with van der Waals surface area (Å²) in [6.45, 7) is 4.29. The van der Waals surface area contributed by atoms with Gasteiger partial charge in [-0.2, -0.15) is 0 Å². The van der Waals surface area contributed by atoms with Crippen LogP contribution < -0.4 is 5.32 Å². The molecule has 4 nitrogen and oxygen atoms in total. The van der Waals surface area contributed by atoms with Crippen LogP contribution in [0.1, 0.15) is 322 Å². The Morgan fingerprint density at radius 3 is 0.906 bits per heavy atom. The second-order valence-electron chi connectivity index (χ2n) is 20.1. The van der Waals surface area contributed by atoms with Gasteiger partial charge in [-0.05, 0) is 57.8 Å². The van der Waals surface area contributed by atoms with E-state index < -0.39 is 12.1 Å². The molecule has 3 N–H and O–H groups in total. The van der Waals surface area contributed by atoms with Crippen molar-refractivity contribution in [3.63, 3.8) is 0 Å². The van der Waals surface area contributed by atoms with Crippen molar-refractivity contribution >= 4 is 5.91 Å². The van der Waals surface area contributed by atoms with E-state index in [9.17, 15) is 15.0 Å². The number of allylic oxidation sites excluding steroid dienone is 5. The van der Waals surface area contributed by atoms with Crippen LogP contribution in [0.3, 0.4) is 0 Å². The van der Waals surface area contributed by atoms with Crippen LogP contribution in [0, 0.1) is 0 Å². The number of hydrogen-bond donors (Lipinski definition) is 3. The lowest BCUT2D eigenvalue weighted by Crippen LogP contribution is -2.45. The van der Waals surface area contributed by atoms with Crippen molar-refractivity contribution in [3.05, 3.63) is 36.5 Å². The van der Waals surface area contributed by atoms with E-state index in [4.69, 9.17) is 0 Å². The highest BCUT2D eigenvalue weighted by molar-refractivity contribution is 5.76. The zero-order chi connectivity index (χ0) is 46.3. The van der Waals surface area contributed by atoms with Crippen LogP contribution in [0.4, 0.5) is 0 Å². The van der Waals surface area contributed by atoms with Crippen LogP contribution in [0.25, 0.3) is 0 Å². The maximum absolute atomic E-state index is 12.4. The van der Waals surface area contributed by atoms with Crippen LogP contribution in [0.5, 0.6) is 0 Å². The Morgan fingerprint density at radius 1 is 0.359 bits per heavy atom. The number of amides is 1. The van der Waals surface area contributed by atoms with Gasteiger partial charge in [0, 0.05) is 6.42 Å². The maximum atomic E-state index is 12.4. The average Bonchev–Trinajstić information content (AvgIpc) is 3.30. The molecule has 0 spiro atoms. The molecule has 0 aliphatic heterocycles. The third kappa shape index (κ3) is 51.6. The number of unbranched alkanes of at least 4 members (excludes halogenated alkanes) is 43. The molecule has 0 aromatic heterocycles. The molecule has 0 saturated carbocycles. The van der Waals surface area contributed by atoms with Gasteiger partial charge >= 0.3 is 0 Å². The summed E-state index contributed by atoms with van der Waals surface area (Å²) in [5.74, 6) is -0.0702. The highest BCUT2D eigenvalue weighted by atomic mass is 16.3. The predicted octanol–water partition coefficient (Wildman–Crippen LogP) is 19.3. The number of aliphatic hydroxyl groups excluding tert-OH is 2. The molecule has 0 bridgehead atoms. The van der Waals surface area contributed by atoms with Crippen LogP contribution in [0.2, 0.25) is 0 Å². The maximum Gasteiger partial charge on any atom is 0.220 e. The smallest absolute Gasteiger partial charge is 0.220 e. The zero-order valence-electron chi connectivity index (χ0n) is 43.6. The Bertz CT molecular complexity index is 974. The first-order valence-electron chi connectivity index (χ1n) is 29.2. The van der Waals surface area contributed by atoms with Crippen molar-refractivity contribution in [2.75, 3.05) is 6.61 Å². The molecule has 2 atom stereocenters. The molecule has 1 amide bonds. The van der Waals surface area contributed by atoms with E-state index in [0.29, 0.717) is 6.42 Å². The van der Waals surface area contributed by atoms with Gasteiger partial charge in [0.25, 0.3) is 0 Å². The number of rotatable bonds is 54. The van der Waals surface area contributed by atoms with Crippen molar-refractivity contribution in [1.29, 1.82) is 0 Å². The van der Waals surface area contributed by atoms with Crippen molar-refractivity contribution < 1.29 is 15.0 Å². The fraction of sp³-hybridized carbons (Fsp3) is 0.883. The largest absolute Gasteiger partial charge is 0.394 e. The molecular weight excluding hydrogens is 783 g/mol. The SMILES string of the molecule is CCCCCCC/C=C/CC/C=C/C(O)C(CO)NC(=O)CCCCCCCCCCCCCCCCCCCCCCCCCCCCCCC/C=C\CCCCCCCCCC. The fourth-order valence-electron chi connectivity index (χ4n) is 9.13. The molecule has 2 unspecified atom stereocenters. The van der Waals surface area contributed by atoms with Gasteiger partial charge < -0.3 is 15.5 Å². The van der Waals surface area contributed by atoms with E-state index in [0.717, 1.165) is 32.1 Å². The summed E-state index contributed by atoms with van der Waals surface area (Å²) >= 11 is 0. The Balaban J connectivity index is 3.34. The van der Waals surface area contributed by atoms with Crippen LogP contribution in [-0.2, 0) is 4.79 Å². The molecule has 0 saturated heterocycles. The minimum Gasteiger partial charge on any atom is -0.394 e. The number of carbonyl (C=O) groups is 1. The van der Waals surface area contributed by atoms with Gasteiger partial charge in [0.05, 0.1) is 18.8 Å². The van der Waals surface area contributed by atoms with Gasteiger partial charge in [-0.25, -0.2) is 0 Å². The van der Waals surface area contributed by atoms with Crippen molar-refractivity contribution in [2.24, 2.45) is 0 Å². The molecule has 0 fully saturated rings. The van der Waals surface area contributed by atoms with E-state index in [1.807, 2.05) is 6.08 Å². The van der Waals surface area contributed by atoms with Gasteiger partial charge in [-0.3, -0.25) is 4.79 Å². The number of aliphatic hydroxyl groups is 2. The van der Waals surface area contributed by atoms with Crippen molar-refractivity contribution in [3.8, 4) is 0 Å². The fourth-order valence-corrected chi connectivity index (χ4v) is 9.13. The van der Waals surface area contributed by atoms with Crippen LogP contribution >= 0.6 is 0 Å². The van der Waals surface area contributed by atoms with Gasteiger partial charge in [-0.1, -0.05) is 294 Å². The topological polar surface area (TPSA) is 69.6 Å². The molecular formula is C60H115NO3. The number of carbonyl (C=O) groups excluding carboxylic acids is 1. The molecule has 0 aliphatic carbocycles. The summed E-state index contributed by atoms with van der Waals surface area (Å²) in [4.78, 5) is 12.4. The molecule has 0 aromatic rings. The monoisotopic (exact) mass is 898 g/mol. The van der Waals surface area contributed by atoms with Crippen LogP contribution in [0.15, 0.2) is 36.5 Å². The van der Waals surface area contributed by atoms with E-state index in [1.54, 1.807) is 6.08 Å². The lowest BCUT2D eigenvalue weighted by atomic mass is 10.0. The summed E-state index contributed by atoms with van der Waals surface area (Å²) in [6, 6.07) is -0.635.